The standard InChI is InChI=1S/C22H22Cl3N3O/c1-3-4-8-19(29)17-9-10-27-18-7-5-6-15(24)20(18)26-22(27)28(17)21-13(2)11-14(23)12-16(21)25/h3,5-7,11-12,17,19,29H,1,4,8-10H2,2H3. The molecule has 0 bridgehead atoms. The summed E-state index contributed by atoms with van der Waals surface area (Å²) >= 11 is 19.3. The molecule has 0 amide bonds. The summed E-state index contributed by atoms with van der Waals surface area (Å²) in [5.41, 5.74) is 3.46. The van der Waals surface area contributed by atoms with E-state index < -0.39 is 6.10 Å². The van der Waals surface area contributed by atoms with E-state index in [0.29, 0.717) is 21.5 Å². The number of aliphatic hydroxyl groups is 1. The molecule has 3 aromatic rings. The summed E-state index contributed by atoms with van der Waals surface area (Å²) in [6.45, 7) is 6.48. The van der Waals surface area contributed by atoms with Gasteiger partial charge >= 0.3 is 0 Å². The number of rotatable bonds is 5. The quantitative estimate of drug-likeness (QED) is 0.449. The summed E-state index contributed by atoms with van der Waals surface area (Å²) in [6.07, 6.45) is 3.38. The van der Waals surface area contributed by atoms with Gasteiger partial charge in [0.05, 0.1) is 33.4 Å². The van der Waals surface area contributed by atoms with Crippen molar-refractivity contribution < 1.29 is 5.11 Å². The fourth-order valence-electron chi connectivity index (χ4n) is 4.15. The molecular weight excluding hydrogens is 429 g/mol. The fourth-order valence-corrected chi connectivity index (χ4v) is 5.05. The zero-order chi connectivity index (χ0) is 20.7. The van der Waals surface area contributed by atoms with Gasteiger partial charge in [0, 0.05) is 11.6 Å². The molecule has 2 heterocycles. The zero-order valence-corrected chi connectivity index (χ0v) is 18.3. The van der Waals surface area contributed by atoms with Crippen molar-refractivity contribution in [1.82, 2.24) is 9.55 Å². The largest absolute Gasteiger partial charge is 0.391 e. The average Bonchev–Trinajstić information content (AvgIpc) is 3.06. The van der Waals surface area contributed by atoms with Crippen molar-refractivity contribution in [3.8, 4) is 0 Å². The minimum atomic E-state index is -0.553. The maximum absolute atomic E-state index is 11.0. The molecule has 0 fully saturated rings. The third-order valence-corrected chi connectivity index (χ3v) is 6.29. The van der Waals surface area contributed by atoms with E-state index >= 15 is 0 Å². The van der Waals surface area contributed by atoms with Gasteiger partial charge in [0.1, 0.15) is 5.52 Å². The molecule has 1 aromatic heterocycles. The number of aryl methyl sites for hydroxylation is 2. The summed E-state index contributed by atoms with van der Waals surface area (Å²) in [5.74, 6) is 0.731. The lowest BCUT2D eigenvalue weighted by molar-refractivity contribution is 0.125. The van der Waals surface area contributed by atoms with Crippen LogP contribution < -0.4 is 4.90 Å². The SMILES string of the molecule is C=CCCC(O)C1CCn2c(nc3c(Cl)cccc32)N1c1c(C)cc(Cl)cc1Cl. The Labute approximate surface area is 185 Å². The number of hydrogen-bond acceptors (Lipinski definition) is 3. The van der Waals surface area contributed by atoms with Crippen LogP contribution in [0.15, 0.2) is 43.0 Å². The number of fused-ring (bicyclic) bond motifs is 3. The molecule has 1 aliphatic heterocycles. The maximum Gasteiger partial charge on any atom is 0.211 e. The lowest BCUT2D eigenvalue weighted by atomic mass is 9.98. The Hall–Kier alpha value is -1.72. The van der Waals surface area contributed by atoms with Crippen molar-refractivity contribution in [2.24, 2.45) is 0 Å². The van der Waals surface area contributed by atoms with E-state index in [2.05, 4.69) is 16.0 Å². The van der Waals surface area contributed by atoms with Gasteiger partial charge in [0.2, 0.25) is 5.95 Å². The predicted molar refractivity (Wildman–Crippen MR) is 122 cm³/mol. The number of allylic oxidation sites excluding steroid dienone is 1. The number of hydrogen-bond donors (Lipinski definition) is 1. The molecule has 2 aromatic carbocycles. The predicted octanol–water partition coefficient (Wildman–Crippen LogP) is 6.54. The molecule has 29 heavy (non-hydrogen) atoms. The van der Waals surface area contributed by atoms with Crippen LogP contribution in [0.5, 0.6) is 0 Å². The van der Waals surface area contributed by atoms with Gasteiger partial charge in [-0.1, -0.05) is 46.9 Å². The van der Waals surface area contributed by atoms with Crippen molar-refractivity contribution in [2.75, 3.05) is 4.90 Å². The van der Waals surface area contributed by atoms with E-state index in [1.54, 1.807) is 6.07 Å². The smallest absolute Gasteiger partial charge is 0.211 e. The van der Waals surface area contributed by atoms with Gasteiger partial charge in [-0.05, 0) is 56.0 Å². The van der Waals surface area contributed by atoms with Gasteiger partial charge < -0.3 is 14.6 Å². The molecule has 0 saturated heterocycles. The van der Waals surface area contributed by atoms with E-state index in [0.717, 1.165) is 47.6 Å². The van der Waals surface area contributed by atoms with Crippen LogP contribution >= 0.6 is 34.8 Å². The monoisotopic (exact) mass is 449 g/mol. The van der Waals surface area contributed by atoms with Crippen molar-refractivity contribution in [3.05, 3.63) is 63.6 Å². The number of benzene rings is 2. The molecule has 2 atom stereocenters. The van der Waals surface area contributed by atoms with Crippen LogP contribution in [0.3, 0.4) is 0 Å². The average molecular weight is 451 g/mol. The molecule has 4 nitrogen and oxygen atoms in total. The second kappa shape index (κ2) is 8.19. The van der Waals surface area contributed by atoms with Crippen molar-refractivity contribution in [1.29, 1.82) is 0 Å². The second-order valence-electron chi connectivity index (χ2n) is 7.38. The molecule has 0 spiro atoms. The van der Waals surface area contributed by atoms with E-state index in [-0.39, 0.29) is 6.04 Å². The van der Waals surface area contributed by atoms with Gasteiger partial charge in [-0.15, -0.1) is 6.58 Å². The molecule has 0 radical (unpaired) electrons. The fraction of sp³-hybridized carbons (Fsp3) is 0.318. The lowest BCUT2D eigenvalue weighted by Gasteiger charge is -2.40. The van der Waals surface area contributed by atoms with Gasteiger partial charge in [0.15, 0.2) is 0 Å². The normalized spacial score (nSPS) is 17.4. The van der Waals surface area contributed by atoms with Crippen molar-refractivity contribution in [3.63, 3.8) is 0 Å². The van der Waals surface area contributed by atoms with Crippen LogP contribution in [0.1, 0.15) is 24.8 Å². The van der Waals surface area contributed by atoms with Crippen LogP contribution in [0.25, 0.3) is 11.0 Å². The number of imidazole rings is 1. The topological polar surface area (TPSA) is 41.3 Å². The van der Waals surface area contributed by atoms with E-state index in [4.69, 9.17) is 39.8 Å². The minimum Gasteiger partial charge on any atom is -0.391 e. The number of halogens is 3. The summed E-state index contributed by atoms with van der Waals surface area (Å²) in [5, 5.41) is 12.7. The first kappa shape index (κ1) is 20.5. The molecule has 4 rings (SSSR count). The minimum absolute atomic E-state index is 0.171. The van der Waals surface area contributed by atoms with Gasteiger partial charge in [-0.2, -0.15) is 0 Å². The highest BCUT2D eigenvalue weighted by Gasteiger charge is 2.36. The summed E-state index contributed by atoms with van der Waals surface area (Å²) < 4.78 is 2.14. The third kappa shape index (κ3) is 3.64. The molecule has 2 unspecified atom stereocenters. The van der Waals surface area contributed by atoms with Crippen molar-refractivity contribution >= 4 is 57.5 Å². The van der Waals surface area contributed by atoms with Crippen LogP contribution in [0, 0.1) is 6.92 Å². The molecule has 0 aliphatic carbocycles. The number of nitrogens with zero attached hydrogens (tertiary/aromatic N) is 3. The molecule has 152 valence electrons. The Morgan fingerprint density at radius 1 is 1.28 bits per heavy atom. The Morgan fingerprint density at radius 2 is 2.07 bits per heavy atom. The van der Waals surface area contributed by atoms with Gasteiger partial charge in [-0.3, -0.25) is 0 Å². The number of anilines is 2. The number of para-hydroxylation sites is 1. The Kier molecular flexibility index (Phi) is 5.80. The summed E-state index contributed by atoms with van der Waals surface area (Å²) in [6, 6.07) is 9.22. The zero-order valence-electron chi connectivity index (χ0n) is 16.1. The van der Waals surface area contributed by atoms with Gasteiger partial charge in [0.25, 0.3) is 0 Å². The molecule has 1 aliphatic rings. The van der Waals surface area contributed by atoms with Crippen molar-refractivity contribution in [2.45, 2.75) is 44.9 Å². The maximum atomic E-state index is 11.0. The van der Waals surface area contributed by atoms with E-state index in [1.807, 2.05) is 37.3 Å². The first-order valence-electron chi connectivity index (χ1n) is 9.61. The molecule has 1 N–H and O–H groups in total. The van der Waals surface area contributed by atoms with Crippen LogP contribution in [-0.4, -0.2) is 26.8 Å². The molecular formula is C22H22Cl3N3O. The summed E-state index contributed by atoms with van der Waals surface area (Å²) in [4.78, 5) is 6.92. The molecule has 0 saturated carbocycles. The van der Waals surface area contributed by atoms with Crippen LogP contribution in [0.4, 0.5) is 11.6 Å². The first-order valence-corrected chi connectivity index (χ1v) is 10.7. The number of aromatic nitrogens is 2. The van der Waals surface area contributed by atoms with E-state index in [9.17, 15) is 5.11 Å². The highest BCUT2D eigenvalue weighted by atomic mass is 35.5. The lowest BCUT2D eigenvalue weighted by Crippen LogP contribution is -2.46. The highest BCUT2D eigenvalue weighted by Crippen LogP contribution is 2.43. The van der Waals surface area contributed by atoms with Crippen LogP contribution in [-0.2, 0) is 6.54 Å². The Morgan fingerprint density at radius 3 is 2.79 bits per heavy atom. The first-order chi connectivity index (χ1) is 13.9. The second-order valence-corrected chi connectivity index (χ2v) is 8.63. The van der Waals surface area contributed by atoms with E-state index in [1.165, 1.54) is 0 Å². The van der Waals surface area contributed by atoms with Crippen LogP contribution in [0.2, 0.25) is 15.1 Å². The summed E-state index contributed by atoms with van der Waals surface area (Å²) in [7, 11) is 0. The Bertz CT molecular complexity index is 1060. The number of aliphatic hydroxyl groups excluding tert-OH is 1. The third-order valence-electron chi connectivity index (χ3n) is 5.48. The highest BCUT2D eigenvalue weighted by molar-refractivity contribution is 6.37. The Balaban J connectivity index is 1.93. The molecule has 7 heteroatoms. The van der Waals surface area contributed by atoms with Gasteiger partial charge in [-0.25, -0.2) is 4.98 Å².